The van der Waals surface area contributed by atoms with E-state index in [2.05, 4.69) is 29.3 Å². The van der Waals surface area contributed by atoms with E-state index in [-0.39, 0.29) is 19.0 Å². The highest BCUT2D eigenvalue weighted by atomic mass is 35.5. The average Bonchev–Trinajstić information content (AvgIpc) is 2.73. The van der Waals surface area contributed by atoms with E-state index in [0.717, 1.165) is 29.2 Å². The van der Waals surface area contributed by atoms with Crippen LogP contribution in [0.2, 0.25) is 5.02 Å². The summed E-state index contributed by atoms with van der Waals surface area (Å²) in [5.41, 5.74) is 2.83. The van der Waals surface area contributed by atoms with E-state index in [9.17, 15) is 13.2 Å². The number of sulfonamides is 1. The van der Waals surface area contributed by atoms with Crippen LogP contribution in [0.15, 0.2) is 48.5 Å². The topological polar surface area (TPSA) is 69.7 Å². The first-order chi connectivity index (χ1) is 14.7. The Morgan fingerprint density at radius 1 is 1.19 bits per heavy atom. The SMILES string of the molecule is C[C@@H]1CCCN(c2ccc(CNC(=O)CN(Cc3ccccc3Cl)S(C)(=O)=O)cc2)C1. The van der Waals surface area contributed by atoms with Crippen molar-refractivity contribution in [3.05, 3.63) is 64.7 Å². The van der Waals surface area contributed by atoms with Crippen LogP contribution >= 0.6 is 11.6 Å². The number of nitrogens with one attached hydrogen (secondary N) is 1. The smallest absolute Gasteiger partial charge is 0.235 e. The van der Waals surface area contributed by atoms with Gasteiger partial charge in [-0.25, -0.2) is 8.42 Å². The zero-order valence-corrected chi connectivity index (χ0v) is 19.6. The highest BCUT2D eigenvalue weighted by molar-refractivity contribution is 7.88. The van der Waals surface area contributed by atoms with Crippen LogP contribution in [0, 0.1) is 5.92 Å². The Hall–Kier alpha value is -2.09. The second-order valence-electron chi connectivity index (χ2n) is 8.26. The Morgan fingerprint density at radius 2 is 1.90 bits per heavy atom. The van der Waals surface area contributed by atoms with E-state index in [0.29, 0.717) is 23.0 Å². The first kappa shape index (κ1) is 23.6. The largest absolute Gasteiger partial charge is 0.371 e. The van der Waals surface area contributed by atoms with Crippen LogP contribution in [0.1, 0.15) is 30.9 Å². The van der Waals surface area contributed by atoms with Crippen LogP contribution in [0.5, 0.6) is 0 Å². The molecule has 31 heavy (non-hydrogen) atoms. The lowest BCUT2D eigenvalue weighted by Gasteiger charge is -2.32. The monoisotopic (exact) mass is 463 g/mol. The first-order valence-electron chi connectivity index (χ1n) is 10.5. The zero-order valence-electron chi connectivity index (χ0n) is 18.1. The summed E-state index contributed by atoms with van der Waals surface area (Å²) in [4.78, 5) is 14.8. The van der Waals surface area contributed by atoms with E-state index in [1.807, 2.05) is 12.1 Å². The predicted octanol–water partition coefficient (Wildman–Crippen LogP) is 3.65. The third-order valence-corrected chi connectivity index (χ3v) is 7.11. The molecule has 1 aliphatic rings. The number of piperidine rings is 1. The van der Waals surface area contributed by atoms with Crippen LogP contribution in [-0.4, -0.2) is 44.5 Å². The minimum absolute atomic E-state index is 0.0505. The number of benzene rings is 2. The molecule has 6 nitrogen and oxygen atoms in total. The van der Waals surface area contributed by atoms with Crippen LogP contribution in [0.3, 0.4) is 0 Å². The van der Waals surface area contributed by atoms with Crippen molar-refractivity contribution in [2.75, 3.05) is 30.8 Å². The zero-order chi connectivity index (χ0) is 22.4. The number of amides is 1. The van der Waals surface area contributed by atoms with Gasteiger partial charge in [0.2, 0.25) is 15.9 Å². The summed E-state index contributed by atoms with van der Waals surface area (Å²) in [6.45, 7) is 4.57. The fourth-order valence-electron chi connectivity index (χ4n) is 3.77. The molecule has 1 N–H and O–H groups in total. The Kier molecular flexibility index (Phi) is 7.97. The number of carbonyl (C=O) groups excluding carboxylic acids is 1. The van der Waals surface area contributed by atoms with E-state index in [1.54, 1.807) is 24.3 Å². The van der Waals surface area contributed by atoms with Crippen molar-refractivity contribution in [3.63, 3.8) is 0 Å². The van der Waals surface area contributed by atoms with Gasteiger partial charge in [-0.1, -0.05) is 48.9 Å². The number of halogens is 1. The Labute approximate surface area is 190 Å². The van der Waals surface area contributed by atoms with Crippen molar-refractivity contribution in [2.24, 2.45) is 5.92 Å². The van der Waals surface area contributed by atoms with Crippen LogP contribution in [-0.2, 0) is 27.9 Å². The molecule has 2 aromatic carbocycles. The van der Waals surface area contributed by atoms with E-state index in [1.165, 1.54) is 18.5 Å². The van der Waals surface area contributed by atoms with Gasteiger partial charge in [-0.3, -0.25) is 4.79 Å². The van der Waals surface area contributed by atoms with Gasteiger partial charge in [-0.2, -0.15) is 4.31 Å². The van der Waals surface area contributed by atoms with Crippen molar-refractivity contribution in [1.29, 1.82) is 0 Å². The summed E-state index contributed by atoms with van der Waals surface area (Å²) in [6.07, 6.45) is 3.59. The molecule has 0 spiro atoms. The van der Waals surface area contributed by atoms with Crippen molar-refractivity contribution in [1.82, 2.24) is 9.62 Å². The lowest BCUT2D eigenvalue weighted by molar-refractivity contribution is -0.121. The van der Waals surface area contributed by atoms with Gasteiger partial charge in [0.1, 0.15) is 0 Å². The fourth-order valence-corrected chi connectivity index (χ4v) is 4.69. The highest BCUT2D eigenvalue weighted by Gasteiger charge is 2.21. The van der Waals surface area contributed by atoms with Gasteiger partial charge in [-0.15, -0.1) is 0 Å². The maximum atomic E-state index is 12.4. The molecular weight excluding hydrogens is 434 g/mol. The van der Waals surface area contributed by atoms with Gasteiger partial charge >= 0.3 is 0 Å². The summed E-state index contributed by atoms with van der Waals surface area (Å²) < 4.78 is 25.5. The van der Waals surface area contributed by atoms with Crippen LogP contribution in [0.25, 0.3) is 0 Å². The van der Waals surface area contributed by atoms with Gasteiger partial charge in [0.05, 0.1) is 12.8 Å². The second kappa shape index (κ2) is 10.5. The van der Waals surface area contributed by atoms with Gasteiger partial charge in [0.25, 0.3) is 0 Å². The fraction of sp³-hybridized carbons (Fsp3) is 0.435. The molecule has 3 rings (SSSR count). The van der Waals surface area contributed by atoms with Crippen molar-refractivity contribution in [2.45, 2.75) is 32.9 Å². The Morgan fingerprint density at radius 3 is 2.55 bits per heavy atom. The minimum atomic E-state index is -3.57. The van der Waals surface area contributed by atoms with Crippen molar-refractivity contribution in [3.8, 4) is 0 Å². The maximum Gasteiger partial charge on any atom is 0.235 e. The lowest BCUT2D eigenvalue weighted by atomic mass is 9.99. The Bertz CT molecular complexity index is 995. The van der Waals surface area contributed by atoms with Gasteiger partial charge < -0.3 is 10.2 Å². The summed E-state index contributed by atoms with van der Waals surface area (Å²) >= 11 is 6.15. The Balaban J connectivity index is 1.56. The maximum absolute atomic E-state index is 12.4. The van der Waals surface area contributed by atoms with Crippen molar-refractivity contribution >= 4 is 33.2 Å². The molecule has 0 aliphatic carbocycles. The van der Waals surface area contributed by atoms with Gasteiger partial charge in [0.15, 0.2) is 0 Å². The first-order valence-corrected chi connectivity index (χ1v) is 12.7. The average molecular weight is 464 g/mol. The number of hydrogen-bond acceptors (Lipinski definition) is 4. The molecule has 2 aromatic rings. The van der Waals surface area contributed by atoms with E-state index < -0.39 is 10.0 Å². The number of anilines is 1. The molecule has 1 amide bonds. The highest BCUT2D eigenvalue weighted by Crippen LogP contribution is 2.23. The van der Waals surface area contributed by atoms with Gasteiger partial charge in [-0.05, 0) is 48.1 Å². The molecule has 0 aromatic heterocycles. The second-order valence-corrected chi connectivity index (χ2v) is 10.6. The number of rotatable bonds is 8. The third-order valence-electron chi connectivity index (χ3n) is 5.54. The standard InChI is InChI=1S/C23H30ClN3O3S/c1-18-6-5-13-26(15-18)21-11-9-19(10-12-21)14-25-23(28)17-27(31(2,29)30)16-20-7-3-4-8-22(20)24/h3-4,7-12,18H,5-6,13-17H2,1-2H3,(H,25,28)/t18-/m1/s1. The number of carbonyl (C=O) groups is 1. The molecule has 1 fully saturated rings. The quantitative estimate of drug-likeness (QED) is 0.648. The molecule has 0 radical (unpaired) electrons. The van der Waals surface area contributed by atoms with E-state index >= 15 is 0 Å². The molecule has 1 aliphatic heterocycles. The normalized spacial score (nSPS) is 17.0. The van der Waals surface area contributed by atoms with Crippen LogP contribution < -0.4 is 10.2 Å². The molecular formula is C23H30ClN3O3S. The van der Waals surface area contributed by atoms with Crippen molar-refractivity contribution < 1.29 is 13.2 Å². The third kappa shape index (κ3) is 6.95. The molecule has 1 heterocycles. The molecule has 0 unspecified atom stereocenters. The predicted molar refractivity (Wildman–Crippen MR) is 126 cm³/mol. The molecule has 8 heteroatoms. The van der Waals surface area contributed by atoms with E-state index in [4.69, 9.17) is 11.6 Å². The molecule has 0 bridgehead atoms. The minimum Gasteiger partial charge on any atom is -0.371 e. The summed E-state index contributed by atoms with van der Waals surface area (Å²) in [5.74, 6) is 0.350. The summed E-state index contributed by atoms with van der Waals surface area (Å²) in [7, 11) is -3.57. The molecule has 1 atom stereocenters. The van der Waals surface area contributed by atoms with Gasteiger partial charge in [0, 0.05) is 36.9 Å². The number of nitrogens with zero attached hydrogens (tertiary/aromatic N) is 2. The molecule has 1 saturated heterocycles. The molecule has 0 saturated carbocycles. The van der Waals surface area contributed by atoms with Crippen LogP contribution in [0.4, 0.5) is 5.69 Å². The summed E-state index contributed by atoms with van der Waals surface area (Å²) in [6, 6.07) is 15.2. The summed E-state index contributed by atoms with van der Waals surface area (Å²) in [5, 5.41) is 3.29. The number of hydrogen-bond donors (Lipinski definition) is 1. The molecule has 168 valence electrons. The lowest BCUT2D eigenvalue weighted by Crippen LogP contribution is -2.39.